The third-order valence-corrected chi connectivity index (χ3v) is 11.4. The van der Waals surface area contributed by atoms with E-state index < -0.39 is 0 Å². The van der Waals surface area contributed by atoms with Crippen LogP contribution in [0, 0.1) is 47.3 Å². The van der Waals surface area contributed by atoms with Gasteiger partial charge in [-0.1, -0.05) is 24.3 Å². The van der Waals surface area contributed by atoms with E-state index in [4.69, 9.17) is 14.2 Å². The summed E-state index contributed by atoms with van der Waals surface area (Å²) in [7, 11) is 3.71. The molecule has 0 aromatic carbocycles. The predicted octanol–water partition coefficient (Wildman–Crippen LogP) is 9.41. The minimum absolute atomic E-state index is 0.766. The van der Waals surface area contributed by atoms with Gasteiger partial charge in [-0.3, -0.25) is 0 Å². The van der Waals surface area contributed by atoms with Crippen molar-refractivity contribution in [2.45, 2.75) is 116 Å². The van der Waals surface area contributed by atoms with Gasteiger partial charge in [0.15, 0.2) is 0 Å². The lowest BCUT2D eigenvalue weighted by atomic mass is 9.69. The van der Waals surface area contributed by atoms with Crippen LogP contribution in [0.4, 0.5) is 0 Å². The summed E-state index contributed by atoms with van der Waals surface area (Å²) < 4.78 is 16.6. The van der Waals surface area contributed by atoms with E-state index in [9.17, 15) is 0 Å². The lowest BCUT2D eigenvalue weighted by Crippen LogP contribution is -2.26. The second-order valence-electron chi connectivity index (χ2n) is 14.0. The highest BCUT2D eigenvalue weighted by molar-refractivity contribution is 4.90. The van der Waals surface area contributed by atoms with Gasteiger partial charge in [0.25, 0.3) is 0 Å². The second-order valence-corrected chi connectivity index (χ2v) is 14.0. The summed E-state index contributed by atoms with van der Waals surface area (Å²) in [5, 5.41) is 0. The number of allylic oxidation sites excluding steroid dienone is 2. The maximum absolute atomic E-state index is 5.87. The first-order chi connectivity index (χ1) is 19.2. The normalized spacial score (nSPS) is 36.6. The molecule has 39 heavy (non-hydrogen) atoms. The Hall–Kier alpha value is -0.640. The summed E-state index contributed by atoms with van der Waals surface area (Å²) in [5.74, 6) is 7.49. The van der Waals surface area contributed by atoms with Gasteiger partial charge >= 0.3 is 0 Å². The molecule has 0 atom stereocenters. The fourth-order valence-corrected chi connectivity index (χ4v) is 8.83. The van der Waals surface area contributed by atoms with Crippen LogP contribution in [-0.4, -0.2) is 40.6 Å². The Morgan fingerprint density at radius 3 is 1.03 bits per heavy atom. The Kier molecular flexibility index (Phi) is 14.5. The third-order valence-electron chi connectivity index (χ3n) is 11.4. The molecule has 3 heteroatoms. The number of rotatable bonds is 14. The summed E-state index contributed by atoms with van der Waals surface area (Å²) in [6, 6.07) is 0. The SMILES string of the molecule is COCC1CCC(C2CCC(CC=CCOCC=CCC3CCC(C4CCC(COC)CC4)CC3)CC2)CC1. The highest BCUT2D eigenvalue weighted by Crippen LogP contribution is 2.43. The smallest absolute Gasteiger partial charge is 0.0651 e. The lowest BCUT2D eigenvalue weighted by Gasteiger charge is -2.37. The van der Waals surface area contributed by atoms with Crippen LogP contribution in [-0.2, 0) is 14.2 Å². The monoisotopic (exact) mass is 542 g/mol. The number of methoxy groups -OCH3 is 2. The summed E-state index contributed by atoms with van der Waals surface area (Å²) in [5.41, 5.74) is 0. The molecule has 4 rings (SSSR count). The molecule has 224 valence electrons. The van der Waals surface area contributed by atoms with Gasteiger partial charge in [-0.15, -0.1) is 0 Å². The van der Waals surface area contributed by atoms with Crippen LogP contribution in [0.5, 0.6) is 0 Å². The minimum Gasteiger partial charge on any atom is -0.384 e. The highest BCUT2D eigenvalue weighted by Gasteiger charge is 2.31. The Morgan fingerprint density at radius 2 is 0.718 bits per heavy atom. The number of hydrogen-bond acceptors (Lipinski definition) is 3. The number of ether oxygens (including phenoxy) is 3. The molecule has 4 fully saturated rings. The molecule has 0 unspecified atom stereocenters. The number of hydrogen-bond donors (Lipinski definition) is 0. The van der Waals surface area contributed by atoms with Crippen molar-refractivity contribution in [2.24, 2.45) is 47.3 Å². The molecule has 4 aliphatic rings. The maximum atomic E-state index is 5.87. The second kappa shape index (κ2) is 18.0. The van der Waals surface area contributed by atoms with Crippen LogP contribution < -0.4 is 0 Å². The molecule has 3 nitrogen and oxygen atoms in total. The van der Waals surface area contributed by atoms with Gasteiger partial charge in [-0.05, 0) is 163 Å². The highest BCUT2D eigenvalue weighted by atomic mass is 16.5. The molecule has 0 N–H and O–H groups in total. The molecule has 4 saturated carbocycles. The zero-order valence-electron chi connectivity index (χ0n) is 25.7. The largest absolute Gasteiger partial charge is 0.384 e. The quantitative estimate of drug-likeness (QED) is 0.162. The fraction of sp³-hybridized carbons (Fsp3) is 0.889. The van der Waals surface area contributed by atoms with Gasteiger partial charge in [0.05, 0.1) is 13.2 Å². The average molecular weight is 543 g/mol. The first kappa shape index (κ1) is 31.3. The van der Waals surface area contributed by atoms with Gasteiger partial charge in [0.2, 0.25) is 0 Å². The molecule has 0 aromatic rings. The van der Waals surface area contributed by atoms with Crippen molar-refractivity contribution >= 4 is 0 Å². The zero-order chi connectivity index (χ0) is 27.1. The van der Waals surface area contributed by atoms with Crippen molar-refractivity contribution in [3.05, 3.63) is 24.3 Å². The first-order valence-electron chi connectivity index (χ1n) is 17.1. The van der Waals surface area contributed by atoms with Gasteiger partial charge in [-0.25, -0.2) is 0 Å². The molecule has 0 heterocycles. The van der Waals surface area contributed by atoms with E-state index >= 15 is 0 Å². The van der Waals surface area contributed by atoms with Crippen LogP contribution in [0.3, 0.4) is 0 Å². The maximum Gasteiger partial charge on any atom is 0.0651 e. The molecule has 0 saturated heterocycles. The topological polar surface area (TPSA) is 27.7 Å². The van der Waals surface area contributed by atoms with Crippen molar-refractivity contribution in [1.29, 1.82) is 0 Å². The van der Waals surface area contributed by atoms with Crippen LogP contribution in [0.2, 0.25) is 0 Å². The van der Waals surface area contributed by atoms with Gasteiger partial charge < -0.3 is 14.2 Å². The van der Waals surface area contributed by atoms with E-state index in [1.807, 2.05) is 14.2 Å². The van der Waals surface area contributed by atoms with Crippen LogP contribution in [0.15, 0.2) is 24.3 Å². The van der Waals surface area contributed by atoms with Crippen molar-refractivity contribution in [2.75, 3.05) is 40.6 Å². The first-order valence-corrected chi connectivity index (χ1v) is 17.1. The zero-order valence-corrected chi connectivity index (χ0v) is 25.7. The Bertz CT molecular complexity index is 611. The Labute approximate surface area is 241 Å². The molecule has 0 amide bonds. The van der Waals surface area contributed by atoms with Crippen LogP contribution >= 0.6 is 0 Å². The van der Waals surface area contributed by atoms with Gasteiger partial charge in [0.1, 0.15) is 0 Å². The minimum atomic E-state index is 0.766. The molecule has 0 spiro atoms. The van der Waals surface area contributed by atoms with E-state index in [0.717, 1.165) is 73.8 Å². The van der Waals surface area contributed by atoms with Crippen molar-refractivity contribution in [3.8, 4) is 0 Å². The van der Waals surface area contributed by atoms with Crippen LogP contribution in [0.25, 0.3) is 0 Å². The van der Waals surface area contributed by atoms with E-state index in [-0.39, 0.29) is 0 Å². The molecular formula is C36H62O3. The molecule has 0 bridgehead atoms. The Morgan fingerprint density at radius 1 is 0.410 bits per heavy atom. The van der Waals surface area contributed by atoms with E-state index in [1.165, 1.54) is 116 Å². The van der Waals surface area contributed by atoms with E-state index in [1.54, 1.807) is 0 Å². The molecule has 0 radical (unpaired) electrons. The standard InChI is InChI=1S/C36H62O3/c1-37-27-31-13-21-35(22-14-31)33-17-9-29(10-18-33)7-3-5-25-39-26-6-4-8-30-11-19-34(20-12-30)36-23-15-32(16-24-36)28-38-2/h3-6,29-36H,7-28H2,1-2H3. The molecular weight excluding hydrogens is 480 g/mol. The summed E-state index contributed by atoms with van der Waals surface area (Å²) in [6.45, 7) is 3.48. The molecule has 4 aliphatic carbocycles. The fourth-order valence-electron chi connectivity index (χ4n) is 8.83. The van der Waals surface area contributed by atoms with Crippen LogP contribution in [0.1, 0.15) is 116 Å². The summed E-state index contributed by atoms with van der Waals surface area (Å²) in [6.07, 6.45) is 34.9. The lowest BCUT2D eigenvalue weighted by molar-refractivity contribution is 0.0935. The van der Waals surface area contributed by atoms with Crippen molar-refractivity contribution < 1.29 is 14.2 Å². The van der Waals surface area contributed by atoms with Crippen molar-refractivity contribution in [3.63, 3.8) is 0 Å². The van der Waals surface area contributed by atoms with Gasteiger partial charge in [0, 0.05) is 27.4 Å². The van der Waals surface area contributed by atoms with Gasteiger partial charge in [-0.2, -0.15) is 0 Å². The third kappa shape index (κ3) is 10.9. The Balaban J connectivity index is 0.967. The summed E-state index contributed by atoms with van der Waals surface area (Å²) >= 11 is 0. The molecule has 0 aromatic heterocycles. The van der Waals surface area contributed by atoms with E-state index in [0.29, 0.717) is 0 Å². The average Bonchev–Trinajstić information content (AvgIpc) is 2.98. The summed E-state index contributed by atoms with van der Waals surface area (Å²) in [4.78, 5) is 0. The van der Waals surface area contributed by atoms with Crippen molar-refractivity contribution in [1.82, 2.24) is 0 Å². The molecule has 0 aliphatic heterocycles. The predicted molar refractivity (Wildman–Crippen MR) is 164 cm³/mol. The van der Waals surface area contributed by atoms with E-state index in [2.05, 4.69) is 24.3 Å².